The molecule has 16 heavy (non-hydrogen) atoms. The molecule has 2 unspecified atom stereocenters. The van der Waals surface area contributed by atoms with Crippen molar-refractivity contribution < 1.29 is 0 Å². The van der Waals surface area contributed by atoms with Crippen LogP contribution in [-0.4, -0.2) is 24.5 Å². The smallest absolute Gasteiger partial charge is 0.00181 e. The Morgan fingerprint density at radius 1 is 0.875 bits per heavy atom. The molecule has 1 saturated heterocycles. The van der Waals surface area contributed by atoms with Crippen LogP contribution in [0.15, 0.2) is 0 Å². The Balaban J connectivity index is 2.80. The molecule has 1 aliphatic rings. The van der Waals surface area contributed by atoms with E-state index in [1.54, 1.807) is 0 Å². The molecule has 0 spiro atoms. The molecule has 1 heteroatoms. The largest absolute Gasteiger partial charge is 0.303 e. The molecular formula is C15H31N. The first-order valence-corrected chi connectivity index (χ1v) is 6.88. The van der Waals surface area contributed by atoms with Crippen molar-refractivity contribution in [2.24, 2.45) is 22.7 Å². The Kier molecular flexibility index (Phi) is 4.10. The molecule has 0 bridgehead atoms. The van der Waals surface area contributed by atoms with Crippen molar-refractivity contribution >= 4 is 0 Å². The average molecular weight is 225 g/mol. The number of nitrogens with zero attached hydrogens (tertiary/aromatic N) is 1. The van der Waals surface area contributed by atoms with Crippen LogP contribution in [0.4, 0.5) is 0 Å². The third-order valence-electron chi connectivity index (χ3n) is 4.16. The number of likely N-dealkylation sites (tertiary alicyclic amines) is 1. The molecule has 2 atom stereocenters. The molecule has 1 rings (SSSR count). The quantitative estimate of drug-likeness (QED) is 0.685. The van der Waals surface area contributed by atoms with Crippen molar-refractivity contribution in [3.05, 3.63) is 0 Å². The fourth-order valence-electron chi connectivity index (χ4n) is 3.14. The first kappa shape index (κ1) is 14.0. The van der Waals surface area contributed by atoms with E-state index >= 15 is 0 Å². The highest BCUT2D eigenvalue weighted by Gasteiger charge is 2.44. The van der Waals surface area contributed by atoms with Crippen molar-refractivity contribution in [1.82, 2.24) is 4.90 Å². The van der Waals surface area contributed by atoms with Gasteiger partial charge >= 0.3 is 0 Å². The molecule has 1 nitrogen and oxygen atoms in total. The molecular weight excluding hydrogens is 194 g/mol. The van der Waals surface area contributed by atoms with E-state index < -0.39 is 0 Å². The zero-order chi connectivity index (χ0) is 12.6. The predicted molar refractivity (Wildman–Crippen MR) is 72.6 cm³/mol. The Morgan fingerprint density at radius 3 is 1.50 bits per heavy atom. The Bertz CT molecular complexity index is 197. The molecule has 1 aliphatic heterocycles. The summed E-state index contributed by atoms with van der Waals surface area (Å²) in [6, 6.07) is 0. The summed E-state index contributed by atoms with van der Waals surface area (Å²) in [4.78, 5) is 2.67. The van der Waals surface area contributed by atoms with Gasteiger partial charge in [0.05, 0.1) is 0 Å². The summed E-state index contributed by atoms with van der Waals surface area (Å²) < 4.78 is 0. The van der Waals surface area contributed by atoms with Crippen LogP contribution in [0.2, 0.25) is 0 Å². The minimum atomic E-state index is 0.445. The minimum absolute atomic E-state index is 0.445. The standard InChI is InChI=1S/C15H31N/c1-8-9-16-10-12(14(2,3)4)13(11-16)15(5,6)7/h12-13H,8-11H2,1-7H3. The van der Waals surface area contributed by atoms with E-state index in [1.807, 2.05) is 0 Å². The lowest BCUT2D eigenvalue weighted by atomic mass is 9.66. The first-order chi connectivity index (χ1) is 7.16. The van der Waals surface area contributed by atoms with Gasteiger partial charge in [0.1, 0.15) is 0 Å². The Hall–Kier alpha value is -0.0400. The van der Waals surface area contributed by atoms with Crippen molar-refractivity contribution in [3.63, 3.8) is 0 Å². The highest BCUT2D eigenvalue weighted by atomic mass is 15.2. The zero-order valence-corrected chi connectivity index (χ0v) is 12.4. The number of hydrogen-bond donors (Lipinski definition) is 0. The monoisotopic (exact) mass is 225 g/mol. The minimum Gasteiger partial charge on any atom is -0.303 e. The summed E-state index contributed by atoms with van der Waals surface area (Å²) in [6.07, 6.45) is 1.29. The lowest BCUT2D eigenvalue weighted by Gasteiger charge is -2.38. The average Bonchev–Trinajstić information content (AvgIpc) is 2.47. The summed E-state index contributed by atoms with van der Waals surface area (Å²) in [5.74, 6) is 1.69. The summed E-state index contributed by atoms with van der Waals surface area (Å²) >= 11 is 0. The van der Waals surface area contributed by atoms with Crippen LogP contribution in [0.1, 0.15) is 54.9 Å². The van der Waals surface area contributed by atoms with Crippen LogP contribution in [0, 0.1) is 22.7 Å². The molecule has 0 aromatic carbocycles. The van der Waals surface area contributed by atoms with Gasteiger partial charge < -0.3 is 4.90 Å². The van der Waals surface area contributed by atoms with Crippen molar-refractivity contribution in [2.75, 3.05) is 19.6 Å². The Labute approximate surface area is 103 Å². The molecule has 1 heterocycles. The van der Waals surface area contributed by atoms with Crippen molar-refractivity contribution in [2.45, 2.75) is 54.9 Å². The fourth-order valence-corrected chi connectivity index (χ4v) is 3.14. The van der Waals surface area contributed by atoms with Gasteiger partial charge in [-0.3, -0.25) is 0 Å². The third kappa shape index (κ3) is 3.23. The van der Waals surface area contributed by atoms with Gasteiger partial charge in [-0.15, -0.1) is 0 Å². The topological polar surface area (TPSA) is 3.24 Å². The van der Waals surface area contributed by atoms with Gasteiger partial charge in [0.15, 0.2) is 0 Å². The van der Waals surface area contributed by atoms with Gasteiger partial charge in [0.25, 0.3) is 0 Å². The van der Waals surface area contributed by atoms with Gasteiger partial charge in [-0.25, -0.2) is 0 Å². The maximum Gasteiger partial charge on any atom is 0.00181 e. The molecule has 1 fully saturated rings. The van der Waals surface area contributed by atoms with Gasteiger partial charge in [0, 0.05) is 13.1 Å². The van der Waals surface area contributed by atoms with Crippen molar-refractivity contribution in [1.29, 1.82) is 0 Å². The maximum absolute atomic E-state index is 2.67. The molecule has 0 aromatic rings. The first-order valence-electron chi connectivity index (χ1n) is 6.88. The molecule has 0 N–H and O–H groups in total. The van der Waals surface area contributed by atoms with Crippen molar-refractivity contribution in [3.8, 4) is 0 Å². The van der Waals surface area contributed by atoms with E-state index in [4.69, 9.17) is 0 Å². The molecule has 0 aromatic heterocycles. The summed E-state index contributed by atoms with van der Waals surface area (Å²) in [5.41, 5.74) is 0.890. The van der Waals surface area contributed by atoms with E-state index in [-0.39, 0.29) is 0 Å². The summed E-state index contributed by atoms with van der Waals surface area (Å²) in [6.45, 7) is 20.6. The van der Waals surface area contributed by atoms with E-state index in [2.05, 4.69) is 53.4 Å². The van der Waals surface area contributed by atoms with E-state index in [9.17, 15) is 0 Å². The van der Waals surface area contributed by atoms with Gasteiger partial charge in [0.2, 0.25) is 0 Å². The van der Waals surface area contributed by atoms with Gasteiger partial charge in [-0.2, -0.15) is 0 Å². The highest BCUT2D eigenvalue weighted by Crippen LogP contribution is 2.45. The lowest BCUT2D eigenvalue weighted by molar-refractivity contribution is 0.115. The fraction of sp³-hybridized carbons (Fsp3) is 1.00. The lowest BCUT2D eigenvalue weighted by Crippen LogP contribution is -2.34. The molecule has 0 amide bonds. The van der Waals surface area contributed by atoms with Crippen LogP contribution in [0.25, 0.3) is 0 Å². The second-order valence-corrected chi connectivity index (χ2v) is 7.70. The molecule has 96 valence electrons. The maximum atomic E-state index is 2.67. The van der Waals surface area contributed by atoms with E-state index in [0.29, 0.717) is 10.8 Å². The normalized spacial score (nSPS) is 28.7. The van der Waals surface area contributed by atoms with Crippen LogP contribution in [0.5, 0.6) is 0 Å². The van der Waals surface area contributed by atoms with Crippen LogP contribution in [0.3, 0.4) is 0 Å². The van der Waals surface area contributed by atoms with Crippen LogP contribution >= 0.6 is 0 Å². The molecule has 0 saturated carbocycles. The third-order valence-corrected chi connectivity index (χ3v) is 4.16. The predicted octanol–water partition coefficient (Wildman–Crippen LogP) is 4.04. The van der Waals surface area contributed by atoms with Gasteiger partial charge in [-0.1, -0.05) is 48.5 Å². The number of rotatable bonds is 2. The second kappa shape index (κ2) is 4.68. The SMILES string of the molecule is CCCN1CC(C(C)(C)C)C(C(C)(C)C)C1. The zero-order valence-electron chi connectivity index (χ0n) is 12.4. The van der Waals surface area contributed by atoms with Gasteiger partial charge in [-0.05, 0) is 35.6 Å². The molecule has 0 radical (unpaired) electrons. The molecule has 0 aliphatic carbocycles. The number of hydrogen-bond acceptors (Lipinski definition) is 1. The van der Waals surface area contributed by atoms with E-state index in [0.717, 1.165) is 11.8 Å². The highest BCUT2D eigenvalue weighted by molar-refractivity contribution is 4.95. The summed E-state index contributed by atoms with van der Waals surface area (Å²) in [5, 5.41) is 0. The van der Waals surface area contributed by atoms with Crippen LogP contribution in [-0.2, 0) is 0 Å². The second-order valence-electron chi connectivity index (χ2n) is 7.70. The van der Waals surface area contributed by atoms with Crippen LogP contribution < -0.4 is 0 Å². The van der Waals surface area contributed by atoms with E-state index in [1.165, 1.54) is 26.1 Å². The Morgan fingerprint density at radius 2 is 1.25 bits per heavy atom. The summed E-state index contributed by atoms with van der Waals surface area (Å²) in [7, 11) is 0.